The van der Waals surface area contributed by atoms with Gasteiger partial charge in [-0.3, -0.25) is 4.79 Å². The maximum Gasteiger partial charge on any atom is 0.229 e. The number of anilines is 1. The fourth-order valence-electron chi connectivity index (χ4n) is 1.10. The zero-order chi connectivity index (χ0) is 13.1. The second-order valence-corrected chi connectivity index (χ2v) is 4.77. The van der Waals surface area contributed by atoms with Gasteiger partial charge in [0, 0.05) is 16.7 Å². The number of nitrogens with zero attached hydrogens (tertiary/aromatic N) is 1. The molecule has 1 rings (SSSR count). The average Bonchev–Trinajstić information content (AvgIpc) is 2.27. The predicted molar refractivity (Wildman–Crippen MR) is 67.0 cm³/mol. The molecule has 0 aliphatic rings. The zero-order valence-corrected chi connectivity index (χ0v) is 10.2. The topological polar surface area (TPSA) is 87.7 Å². The summed E-state index contributed by atoms with van der Waals surface area (Å²) in [6.45, 7) is 5.52. The summed E-state index contributed by atoms with van der Waals surface area (Å²) in [5.74, 6) is -0.0206. The van der Waals surface area contributed by atoms with Crippen LogP contribution in [-0.2, 0) is 4.79 Å². The molecule has 0 saturated carbocycles. The van der Waals surface area contributed by atoms with Crippen LogP contribution in [0.1, 0.15) is 26.3 Å². The van der Waals surface area contributed by atoms with Crippen molar-refractivity contribution in [2.75, 3.05) is 5.32 Å². The van der Waals surface area contributed by atoms with Gasteiger partial charge in [-0.25, -0.2) is 0 Å². The molecule has 1 aromatic rings. The monoisotopic (exact) mass is 235 g/mol. The third-order valence-corrected chi connectivity index (χ3v) is 2.23. The van der Waals surface area contributed by atoms with Crippen LogP contribution in [0.4, 0.5) is 5.69 Å². The highest BCUT2D eigenvalue weighted by atomic mass is 16.4. The van der Waals surface area contributed by atoms with Crippen molar-refractivity contribution in [2.45, 2.75) is 20.8 Å². The van der Waals surface area contributed by atoms with E-state index < -0.39 is 5.41 Å². The lowest BCUT2D eigenvalue weighted by Gasteiger charge is -2.17. The summed E-state index contributed by atoms with van der Waals surface area (Å²) in [6, 6.07) is 6.76. The van der Waals surface area contributed by atoms with Crippen molar-refractivity contribution in [3.63, 3.8) is 0 Å². The summed E-state index contributed by atoms with van der Waals surface area (Å²) in [6.07, 6.45) is 0. The molecule has 0 fully saturated rings. The van der Waals surface area contributed by atoms with Gasteiger partial charge in [-0.15, -0.1) is 0 Å². The van der Waals surface area contributed by atoms with Crippen LogP contribution < -0.4 is 11.1 Å². The number of nitrogens with one attached hydrogen (secondary N) is 1. The van der Waals surface area contributed by atoms with Crippen molar-refractivity contribution in [1.29, 1.82) is 0 Å². The van der Waals surface area contributed by atoms with Gasteiger partial charge < -0.3 is 16.3 Å². The summed E-state index contributed by atoms with van der Waals surface area (Å²) in [4.78, 5) is 11.7. The van der Waals surface area contributed by atoms with E-state index in [9.17, 15) is 4.79 Å². The first-order valence-corrected chi connectivity index (χ1v) is 5.24. The van der Waals surface area contributed by atoms with Gasteiger partial charge in [-0.2, -0.15) is 0 Å². The first-order valence-electron chi connectivity index (χ1n) is 5.24. The molecule has 0 spiro atoms. The van der Waals surface area contributed by atoms with Crippen LogP contribution in [0.2, 0.25) is 0 Å². The van der Waals surface area contributed by atoms with Crippen LogP contribution in [-0.4, -0.2) is 17.0 Å². The lowest BCUT2D eigenvalue weighted by atomic mass is 9.95. The fraction of sp³-hybridized carbons (Fsp3) is 0.333. The molecule has 5 nitrogen and oxygen atoms in total. The van der Waals surface area contributed by atoms with E-state index in [1.165, 1.54) is 0 Å². The van der Waals surface area contributed by atoms with Gasteiger partial charge in [0.2, 0.25) is 5.91 Å². The van der Waals surface area contributed by atoms with E-state index in [0.717, 1.165) is 0 Å². The van der Waals surface area contributed by atoms with Crippen LogP contribution in [0.25, 0.3) is 0 Å². The Bertz CT molecular complexity index is 430. The molecule has 17 heavy (non-hydrogen) atoms. The number of oxime groups is 1. The standard InChI is InChI=1S/C12H17N3O2/c1-12(2,3)11(16)14-9-6-4-8(5-7-9)10(13)15-17/h4-7,17H,1-3H3,(H2,13,15)(H,14,16). The summed E-state index contributed by atoms with van der Waals surface area (Å²) in [5.41, 5.74) is 6.27. The average molecular weight is 235 g/mol. The molecule has 5 heteroatoms. The van der Waals surface area contributed by atoms with E-state index in [1.54, 1.807) is 24.3 Å². The second-order valence-electron chi connectivity index (χ2n) is 4.77. The second kappa shape index (κ2) is 4.86. The molecule has 0 aromatic heterocycles. The quantitative estimate of drug-likeness (QED) is 0.316. The zero-order valence-electron chi connectivity index (χ0n) is 10.2. The highest BCUT2D eigenvalue weighted by Crippen LogP contribution is 2.17. The Morgan fingerprint density at radius 2 is 1.82 bits per heavy atom. The minimum atomic E-state index is -0.440. The summed E-state index contributed by atoms with van der Waals surface area (Å²) < 4.78 is 0. The van der Waals surface area contributed by atoms with Crippen molar-refractivity contribution in [2.24, 2.45) is 16.3 Å². The van der Waals surface area contributed by atoms with Crippen LogP contribution in [0.15, 0.2) is 29.4 Å². The minimum Gasteiger partial charge on any atom is -0.409 e. The predicted octanol–water partition coefficient (Wildman–Crippen LogP) is 1.77. The molecule has 0 saturated heterocycles. The molecule has 0 bridgehead atoms. The van der Waals surface area contributed by atoms with Gasteiger partial charge >= 0.3 is 0 Å². The summed E-state index contributed by atoms with van der Waals surface area (Å²) in [5, 5.41) is 14.2. The third-order valence-electron chi connectivity index (χ3n) is 2.23. The van der Waals surface area contributed by atoms with Gasteiger partial charge in [0.05, 0.1) is 0 Å². The maximum atomic E-state index is 11.7. The normalized spacial score (nSPS) is 12.3. The Balaban J connectivity index is 2.80. The van der Waals surface area contributed by atoms with Gasteiger partial charge in [0.25, 0.3) is 0 Å². The molecule has 1 aromatic carbocycles. The molecule has 0 radical (unpaired) electrons. The van der Waals surface area contributed by atoms with Crippen LogP contribution in [0, 0.1) is 5.41 Å². The SMILES string of the molecule is CC(C)(C)C(=O)Nc1ccc(/C(N)=N/O)cc1. The molecular formula is C12H17N3O2. The van der Waals surface area contributed by atoms with Crippen LogP contribution in [0.3, 0.4) is 0 Å². The van der Waals surface area contributed by atoms with Gasteiger partial charge in [-0.1, -0.05) is 25.9 Å². The number of amidine groups is 1. The Morgan fingerprint density at radius 1 is 1.29 bits per heavy atom. The number of carbonyl (C=O) groups excluding carboxylic acids is 1. The van der Waals surface area contributed by atoms with E-state index in [0.29, 0.717) is 11.3 Å². The van der Waals surface area contributed by atoms with Crippen molar-refractivity contribution >= 4 is 17.4 Å². The molecule has 0 unspecified atom stereocenters. The van der Waals surface area contributed by atoms with Crippen molar-refractivity contribution in [3.8, 4) is 0 Å². The van der Waals surface area contributed by atoms with Crippen LogP contribution in [0.5, 0.6) is 0 Å². The number of carbonyl (C=O) groups is 1. The number of rotatable bonds is 2. The van der Waals surface area contributed by atoms with Crippen LogP contribution >= 0.6 is 0 Å². The molecule has 0 aliphatic heterocycles. The molecule has 4 N–H and O–H groups in total. The molecule has 92 valence electrons. The van der Waals surface area contributed by atoms with E-state index in [4.69, 9.17) is 10.9 Å². The van der Waals surface area contributed by atoms with Gasteiger partial charge in [0.15, 0.2) is 5.84 Å². The Labute approximate surface area is 100 Å². The van der Waals surface area contributed by atoms with E-state index >= 15 is 0 Å². The fourth-order valence-corrected chi connectivity index (χ4v) is 1.10. The van der Waals surface area contributed by atoms with E-state index in [-0.39, 0.29) is 11.7 Å². The molecule has 0 aliphatic carbocycles. The maximum absolute atomic E-state index is 11.7. The number of amides is 1. The lowest BCUT2D eigenvalue weighted by Crippen LogP contribution is -2.27. The van der Waals surface area contributed by atoms with E-state index in [1.807, 2.05) is 20.8 Å². The van der Waals surface area contributed by atoms with Crippen molar-refractivity contribution in [1.82, 2.24) is 0 Å². The van der Waals surface area contributed by atoms with Crippen molar-refractivity contribution in [3.05, 3.63) is 29.8 Å². The third kappa shape index (κ3) is 3.48. The van der Waals surface area contributed by atoms with Gasteiger partial charge in [-0.05, 0) is 24.3 Å². The highest BCUT2D eigenvalue weighted by Gasteiger charge is 2.20. The van der Waals surface area contributed by atoms with Gasteiger partial charge in [0.1, 0.15) is 0 Å². The first kappa shape index (κ1) is 13.0. The number of nitrogens with two attached hydrogens (primary N) is 1. The molecule has 0 heterocycles. The summed E-state index contributed by atoms with van der Waals surface area (Å²) in [7, 11) is 0. The summed E-state index contributed by atoms with van der Waals surface area (Å²) >= 11 is 0. The Morgan fingerprint density at radius 3 is 2.24 bits per heavy atom. The number of hydrogen-bond acceptors (Lipinski definition) is 3. The number of benzene rings is 1. The Hall–Kier alpha value is -2.04. The molecule has 0 atom stereocenters. The first-order chi connectivity index (χ1) is 7.84. The lowest BCUT2D eigenvalue weighted by molar-refractivity contribution is -0.123. The molecule has 1 amide bonds. The van der Waals surface area contributed by atoms with Crippen molar-refractivity contribution < 1.29 is 10.0 Å². The largest absolute Gasteiger partial charge is 0.409 e. The highest BCUT2D eigenvalue weighted by molar-refractivity contribution is 5.98. The number of hydrogen-bond donors (Lipinski definition) is 3. The molecular weight excluding hydrogens is 218 g/mol. The van der Waals surface area contributed by atoms with E-state index in [2.05, 4.69) is 10.5 Å². The minimum absolute atomic E-state index is 0.0405. The Kier molecular flexibility index (Phi) is 3.73. The smallest absolute Gasteiger partial charge is 0.229 e.